The van der Waals surface area contributed by atoms with Crippen molar-refractivity contribution in [2.45, 2.75) is 32.1 Å². The van der Waals surface area contributed by atoms with E-state index in [2.05, 4.69) is 5.32 Å². The van der Waals surface area contributed by atoms with Crippen molar-refractivity contribution >= 4 is 12.0 Å². The molecule has 2 N–H and O–H groups in total. The summed E-state index contributed by atoms with van der Waals surface area (Å²) in [4.78, 5) is 27.2. The van der Waals surface area contributed by atoms with Gasteiger partial charge in [0.15, 0.2) is 0 Å². The third-order valence-corrected chi connectivity index (χ3v) is 4.63. The van der Waals surface area contributed by atoms with E-state index in [0.29, 0.717) is 19.0 Å². The van der Waals surface area contributed by atoms with E-state index in [4.69, 9.17) is 5.11 Å². The van der Waals surface area contributed by atoms with Crippen LogP contribution in [-0.4, -0.2) is 66.7 Å². The molecular weight excluding hydrogens is 270 g/mol. The number of hydrogen-bond donors (Lipinski definition) is 2. The fraction of sp³-hybridized carbons (Fsp3) is 0.867. The van der Waals surface area contributed by atoms with E-state index in [1.54, 1.807) is 0 Å². The van der Waals surface area contributed by atoms with Gasteiger partial charge >= 0.3 is 12.0 Å². The van der Waals surface area contributed by atoms with Crippen LogP contribution in [0.1, 0.15) is 32.1 Å². The van der Waals surface area contributed by atoms with Gasteiger partial charge in [0.1, 0.15) is 0 Å². The molecule has 2 rings (SSSR count). The predicted octanol–water partition coefficient (Wildman–Crippen LogP) is 1.22. The number of rotatable bonds is 4. The molecule has 0 bridgehead atoms. The van der Waals surface area contributed by atoms with Crippen LogP contribution in [0.25, 0.3) is 0 Å². The number of aliphatic carboxylic acids is 1. The third-order valence-electron chi connectivity index (χ3n) is 4.63. The van der Waals surface area contributed by atoms with E-state index in [1.807, 2.05) is 16.8 Å². The van der Waals surface area contributed by atoms with Crippen LogP contribution in [0.2, 0.25) is 0 Å². The SMILES string of the molecule is CNCC1CCCN(C(=O)N2CCC(CC(=O)O)CC2)C1. The number of piperidine rings is 2. The summed E-state index contributed by atoms with van der Waals surface area (Å²) in [6.45, 7) is 4.06. The molecule has 120 valence electrons. The summed E-state index contributed by atoms with van der Waals surface area (Å²) in [5, 5.41) is 12.0. The monoisotopic (exact) mass is 297 g/mol. The summed E-state index contributed by atoms with van der Waals surface area (Å²) in [5.74, 6) is 0.0490. The maximum Gasteiger partial charge on any atom is 0.320 e. The number of urea groups is 1. The van der Waals surface area contributed by atoms with Crippen molar-refractivity contribution in [2.75, 3.05) is 39.8 Å². The highest BCUT2D eigenvalue weighted by atomic mass is 16.4. The minimum absolute atomic E-state index is 0.143. The second-order valence-electron chi connectivity index (χ2n) is 6.32. The molecule has 2 aliphatic heterocycles. The topological polar surface area (TPSA) is 72.9 Å². The number of likely N-dealkylation sites (tertiary alicyclic amines) is 2. The summed E-state index contributed by atoms with van der Waals surface area (Å²) >= 11 is 0. The number of nitrogens with one attached hydrogen (secondary N) is 1. The van der Waals surface area contributed by atoms with Crippen molar-refractivity contribution < 1.29 is 14.7 Å². The van der Waals surface area contributed by atoms with Crippen LogP contribution in [0.3, 0.4) is 0 Å². The molecule has 2 heterocycles. The Hall–Kier alpha value is -1.30. The lowest BCUT2D eigenvalue weighted by molar-refractivity contribution is -0.138. The minimum Gasteiger partial charge on any atom is -0.481 e. The van der Waals surface area contributed by atoms with Crippen molar-refractivity contribution in [1.29, 1.82) is 0 Å². The summed E-state index contributed by atoms with van der Waals surface area (Å²) in [6.07, 6.45) is 4.12. The van der Waals surface area contributed by atoms with Crippen LogP contribution in [-0.2, 0) is 4.79 Å². The lowest BCUT2D eigenvalue weighted by Gasteiger charge is -2.39. The van der Waals surface area contributed by atoms with Crippen molar-refractivity contribution in [3.05, 3.63) is 0 Å². The van der Waals surface area contributed by atoms with Gasteiger partial charge in [-0.15, -0.1) is 0 Å². The van der Waals surface area contributed by atoms with Crippen LogP contribution in [0, 0.1) is 11.8 Å². The molecule has 1 unspecified atom stereocenters. The normalized spacial score (nSPS) is 24.1. The summed E-state index contributed by atoms with van der Waals surface area (Å²) in [6, 6.07) is 0.143. The fourth-order valence-corrected chi connectivity index (χ4v) is 3.47. The van der Waals surface area contributed by atoms with E-state index in [1.165, 1.54) is 6.42 Å². The number of carboxylic acids is 1. The highest BCUT2D eigenvalue weighted by Crippen LogP contribution is 2.23. The molecule has 6 heteroatoms. The second kappa shape index (κ2) is 7.64. The quantitative estimate of drug-likeness (QED) is 0.818. The van der Waals surface area contributed by atoms with Gasteiger partial charge in [0, 0.05) is 32.6 Å². The molecule has 0 aromatic heterocycles. The molecule has 0 radical (unpaired) electrons. The second-order valence-corrected chi connectivity index (χ2v) is 6.32. The van der Waals surface area contributed by atoms with Crippen LogP contribution in [0.4, 0.5) is 4.79 Å². The Kier molecular flexibility index (Phi) is 5.85. The Morgan fingerprint density at radius 3 is 2.43 bits per heavy atom. The Morgan fingerprint density at radius 1 is 1.10 bits per heavy atom. The predicted molar refractivity (Wildman–Crippen MR) is 80.2 cm³/mol. The summed E-state index contributed by atoms with van der Waals surface area (Å²) in [5.41, 5.74) is 0. The molecule has 6 nitrogen and oxygen atoms in total. The van der Waals surface area contributed by atoms with Crippen molar-refractivity contribution in [2.24, 2.45) is 11.8 Å². The number of carboxylic acid groups (broad SMARTS) is 1. The van der Waals surface area contributed by atoms with Crippen molar-refractivity contribution in [3.63, 3.8) is 0 Å². The maximum atomic E-state index is 12.5. The van der Waals surface area contributed by atoms with Crippen molar-refractivity contribution in [1.82, 2.24) is 15.1 Å². The first kappa shape index (κ1) is 16.1. The largest absolute Gasteiger partial charge is 0.481 e. The Balaban J connectivity index is 1.80. The number of carbonyl (C=O) groups is 2. The molecule has 21 heavy (non-hydrogen) atoms. The van der Waals surface area contributed by atoms with Crippen LogP contribution in [0.15, 0.2) is 0 Å². The highest BCUT2D eigenvalue weighted by Gasteiger charge is 2.29. The molecule has 2 saturated heterocycles. The van der Waals surface area contributed by atoms with E-state index in [9.17, 15) is 9.59 Å². The Morgan fingerprint density at radius 2 is 1.81 bits per heavy atom. The zero-order chi connectivity index (χ0) is 15.2. The Labute approximate surface area is 126 Å². The molecule has 0 saturated carbocycles. The molecule has 2 amide bonds. The van der Waals surface area contributed by atoms with E-state index in [-0.39, 0.29) is 18.4 Å². The first-order chi connectivity index (χ1) is 10.1. The average molecular weight is 297 g/mol. The standard InChI is InChI=1S/C15H27N3O3/c1-16-10-13-3-2-6-18(11-13)15(21)17-7-4-12(5-8-17)9-14(19)20/h12-13,16H,2-11H2,1H3,(H,19,20). The lowest BCUT2D eigenvalue weighted by atomic mass is 9.93. The van der Waals surface area contributed by atoms with Crippen LogP contribution < -0.4 is 5.32 Å². The molecule has 2 aliphatic rings. The van der Waals surface area contributed by atoms with Gasteiger partial charge in [-0.3, -0.25) is 4.79 Å². The van der Waals surface area contributed by atoms with Gasteiger partial charge in [-0.05, 0) is 51.1 Å². The molecule has 0 aromatic carbocycles. The highest BCUT2D eigenvalue weighted by molar-refractivity contribution is 5.74. The lowest BCUT2D eigenvalue weighted by Crippen LogP contribution is -2.50. The number of amides is 2. The van der Waals surface area contributed by atoms with Gasteiger partial charge < -0.3 is 20.2 Å². The zero-order valence-corrected chi connectivity index (χ0v) is 12.9. The smallest absolute Gasteiger partial charge is 0.320 e. The molecule has 0 aliphatic carbocycles. The third kappa shape index (κ3) is 4.59. The zero-order valence-electron chi connectivity index (χ0n) is 12.9. The van der Waals surface area contributed by atoms with E-state index in [0.717, 1.165) is 38.9 Å². The number of nitrogens with zero attached hydrogens (tertiary/aromatic N) is 2. The minimum atomic E-state index is -0.731. The van der Waals surface area contributed by atoms with E-state index < -0.39 is 5.97 Å². The fourth-order valence-electron chi connectivity index (χ4n) is 3.47. The molecule has 0 spiro atoms. The molecular formula is C15H27N3O3. The number of hydrogen-bond acceptors (Lipinski definition) is 3. The van der Waals surface area contributed by atoms with Gasteiger partial charge in [0.25, 0.3) is 0 Å². The van der Waals surface area contributed by atoms with Crippen molar-refractivity contribution in [3.8, 4) is 0 Å². The number of carbonyl (C=O) groups excluding carboxylic acids is 1. The first-order valence-electron chi connectivity index (χ1n) is 8.00. The van der Waals surface area contributed by atoms with Gasteiger partial charge in [0.2, 0.25) is 0 Å². The molecule has 0 aromatic rings. The molecule has 2 fully saturated rings. The summed E-state index contributed by atoms with van der Waals surface area (Å²) in [7, 11) is 1.95. The maximum absolute atomic E-state index is 12.5. The first-order valence-corrected chi connectivity index (χ1v) is 8.00. The van der Waals surface area contributed by atoms with Gasteiger partial charge in [-0.1, -0.05) is 0 Å². The molecule has 1 atom stereocenters. The van der Waals surface area contributed by atoms with Crippen LogP contribution in [0.5, 0.6) is 0 Å². The summed E-state index contributed by atoms with van der Waals surface area (Å²) < 4.78 is 0. The van der Waals surface area contributed by atoms with Gasteiger partial charge in [-0.25, -0.2) is 4.79 Å². The van der Waals surface area contributed by atoms with E-state index >= 15 is 0 Å². The van der Waals surface area contributed by atoms with Gasteiger partial charge in [-0.2, -0.15) is 0 Å². The Bertz CT molecular complexity index is 365. The average Bonchev–Trinajstić information content (AvgIpc) is 2.47. The van der Waals surface area contributed by atoms with Crippen LogP contribution >= 0.6 is 0 Å². The van der Waals surface area contributed by atoms with Gasteiger partial charge in [0.05, 0.1) is 0 Å².